The first kappa shape index (κ1) is 19.4. The zero-order valence-electron chi connectivity index (χ0n) is 15.6. The van der Waals surface area contributed by atoms with E-state index in [2.05, 4.69) is 21.9 Å². The highest BCUT2D eigenvalue weighted by molar-refractivity contribution is 7.92. The van der Waals surface area contributed by atoms with Gasteiger partial charge in [0.15, 0.2) is 0 Å². The predicted octanol–water partition coefficient (Wildman–Crippen LogP) is 3.50. The molecule has 1 amide bonds. The molecule has 7 heteroatoms. The Morgan fingerprint density at radius 3 is 2.52 bits per heavy atom. The van der Waals surface area contributed by atoms with Crippen molar-refractivity contribution in [1.29, 1.82) is 0 Å². The molecule has 2 atom stereocenters. The van der Waals surface area contributed by atoms with Gasteiger partial charge in [0.2, 0.25) is 0 Å². The van der Waals surface area contributed by atoms with Crippen molar-refractivity contribution < 1.29 is 13.2 Å². The molecule has 0 aliphatic heterocycles. The Hall–Kier alpha value is -2.41. The summed E-state index contributed by atoms with van der Waals surface area (Å²) in [6.45, 7) is 4.04. The van der Waals surface area contributed by atoms with Crippen LogP contribution in [0.4, 0.5) is 5.69 Å². The van der Waals surface area contributed by atoms with Gasteiger partial charge < -0.3 is 5.32 Å². The van der Waals surface area contributed by atoms with Crippen LogP contribution in [-0.4, -0.2) is 25.4 Å². The third-order valence-electron chi connectivity index (χ3n) is 5.01. The second kappa shape index (κ2) is 8.08. The van der Waals surface area contributed by atoms with Crippen LogP contribution in [0.1, 0.15) is 48.5 Å². The van der Waals surface area contributed by atoms with Crippen LogP contribution < -0.4 is 10.0 Å². The first-order valence-electron chi connectivity index (χ1n) is 9.20. The quantitative estimate of drug-likeness (QED) is 0.822. The van der Waals surface area contributed by atoms with Crippen LogP contribution in [0.5, 0.6) is 0 Å². The Bertz CT molecular complexity index is 910. The lowest BCUT2D eigenvalue weighted by atomic mass is 9.86. The fourth-order valence-electron chi connectivity index (χ4n) is 3.33. The lowest BCUT2D eigenvalue weighted by Crippen LogP contribution is -2.41. The van der Waals surface area contributed by atoms with Gasteiger partial charge in [0, 0.05) is 12.2 Å². The van der Waals surface area contributed by atoms with Crippen LogP contribution in [0.15, 0.2) is 47.6 Å². The van der Waals surface area contributed by atoms with Crippen molar-refractivity contribution in [3.8, 4) is 0 Å². The molecule has 0 saturated heterocycles. The third kappa shape index (κ3) is 4.86. The number of benzene rings is 1. The van der Waals surface area contributed by atoms with Crippen molar-refractivity contribution >= 4 is 21.6 Å². The number of carbonyl (C=O) groups excluding carboxylic acids is 1. The maximum absolute atomic E-state index is 12.6. The van der Waals surface area contributed by atoms with Crippen molar-refractivity contribution in [1.82, 2.24) is 10.3 Å². The molecule has 3 rings (SSSR count). The smallest absolute Gasteiger partial charge is 0.261 e. The van der Waals surface area contributed by atoms with Gasteiger partial charge in [0.1, 0.15) is 0 Å². The topological polar surface area (TPSA) is 88.2 Å². The summed E-state index contributed by atoms with van der Waals surface area (Å²) in [5.41, 5.74) is 1.59. The second-order valence-electron chi connectivity index (χ2n) is 7.22. The largest absolute Gasteiger partial charge is 0.349 e. The van der Waals surface area contributed by atoms with E-state index in [-0.39, 0.29) is 22.5 Å². The Labute approximate surface area is 160 Å². The van der Waals surface area contributed by atoms with Gasteiger partial charge in [-0.15, -0.1) is 0 Å². The number of carbonyl (C=O) groups is 1. The van der Waals surface area contributed by atoms with Crippen molar-refractivity contribution in [3.63, 3.8) is 0 Å². The van der Waals surface area contributed by atoms with Crippen molar-refractivity contribution in [2.45, 2.75) is 50.5 Å². The minimum Gasteiger partial charge on any atom is -0.349 e. The minimum atomic E-state index is -3.73. The highest BCUT2D eigenvalue weighted by Crippen LogP contribution is 2.24. The summed E-state index contributed by atoms with van der Waals surface area (Å²) in [5.74, 6) is 0.219. The molecule has 144 valence electrons. The van der Waals surface area contributed by atoms with Crippen LogP contribution in [0, 0.1) is 12.8 Å². The van der Waals surface area contributed by atoms with E-state index in [4.69, 9.17) is 0 Å². The third-order valence-corrected chi connectivity index (χ3v) is 6.41. The average Bonchev–Trinajstić information content (AvgIpc) is 2.64. The van der Waals surface area contributed by atoms with Crippen LogP contribution in [0.3, 0.4) is 0 Å². The van der Waals surface area contributed by atoms with Gasteiger partial charge in [-0.2, -0.15) is 0 Å². The molecule has 2 aromatic rings. The molecule has 0 spiro atoms. The zero-order chi connectivity index (χ0) is 19.4. The van der Waals surface area contributed by atoms with E-state index in [1.807, 2.05) is 6.92 Å². The predicted molar refractivity (Wildman–Crippen MR) is 105 cm³/mol. The molecular weight excluding hydrogens is 362 g/mol. The van der Waals surface area contributed by atoms with Crippen LogP contribution in [0.25, 0.3) is 0 Å². The SMILES string of the molecule is Cc1ccc(S(=O)(=O)Nc2cncc(C(=O)NC3CCCCC3C)c2)cc1. The molecule has 1 aromatic carbocycles. The van der Waals surface area contributed by atoms with E-state index < -0.39 is 10.0 Å². The lowest BCUT2D eigenvalue weighted by molar-refractivity contribution is 0.0910. The normalized spacial score (nSPS) is 20.1. The molecule has 1 aliphatic rings. The van der Waals surface area contributed by atoms with Crippen LogP contribution >= 0.6 is 0 Å². The van der Waals surface area contributed by atoms with Gasteiger partial charge in [-0.1, -0.05) is 37.5 Å². The monoisotopic (exact) mass is 387 g/mol. The highest BCUT2D eigenvalue weighted by Gasteiger charge is 2.23. The summed E-state index contributed by atoms with van der Waals surface area (Å²) >= 11 is 0. The fraction of sp³-hybridized carbons (Fsp3) is 0.400. The Morgan fingerprint density at radius 2 is 1.81 bits per heavy atom. The van der Waals surface area contributed by atoms with Gasteiger partial charge in [0.05, 0.1) is 22.3 Å². The van der Waals surface area contributed by atoms with Crippen molar-refractivity contribution in [2.24, 2.45) is 5.92 Å². The lowest BCUT2D eigenvalue weighted by Gasteiger charge is -2.29. The molecule has 1 fully saturated rings. The van der Waals surface area contributed by atoms with Crippen molar-refractivity contribution in [3.05, 3.63) is 53.9 Å². The summed E-state index contributed by atoms with van der Waals surface area (Å²) in [6, 6.07) is 8.24. The van der Waals surface area contributed by atoms with E-state index in [1.165, 1.54) is 24.9 Å². The second-order valence-corrected chi connectivity index (χ2v) is 8.90. The van der Waals surface area contributed by atoms with Crippen molar-refractivity contribution in [2.75, 3.05) is 4.72 Å². The minimum absolute atomic E-state index is 0.152. The summed E-state index contributed by atoms with van der Waals surface area (Å²) in [7, 11) is -3.73. The number of rotatable bonds is 5. The van der Waals surface area contributed by atoms with E-state index in [9.17, 15) is 13.2 Å². The number of hydrogen-bond acceptors (Lipinski definition) is 4. The Morgan fingerprint density at radius 1 is 1.11 bits per heavy atom. The molecule has 0 radical (unpaired) electrons. The first-order chi connectivity index (χ1) is 12.8. The number of pyridine rings is 1. The number of nitrogens with zero attached hydrogens (tertiary/aromatic N) is 1. The number of nitrogens with one attached hydrogen (secondary N) is 2. The summed E-state index contributed by atoms with van der Waals surface area (Å²) in [6.07, 6.45) is 7.24. The maximum Gasteiger partial charge on any atom is 0.261 e. The molecule has 1 saturated carbocycles. The summed E-state index contributed by atoms with van der Waals surface area (Å²) in [4.78, 5) is 16.7. The molecule has 0 bridgehead atoms. The summed E-state index contributed by atoms with van der Waals surface area (Å²) in [5, 5.41) is 3.06. The number of hydrogen-bond donors (Lipinski definition) is 2. The summed E-state index contributed by atoms with van der Waals surface area (Å²) < 4.78 is 27.5. The van der Waals surface area contributed by atoms with E-state index in [1.54, 1.807) is 24.3 Å². The molecule has 1 aromatic heterocycles. The number of sulfonamides is 1. The number of aryl methyl sites for hydroxylation is 1. The molecule has 6 nitrogen and oxygen atoms in total. The zero-order valence-corrected chi connectivity index (χ0v) is 16.4. The van der Waals surface area contributed by atoms with Crippen LogP contribution in [0.2, 0.25) is 0 Å². The maximum atomic E-state index is 12.6. The number of amides is 1. The Kier molecular flexibility index (Phi) is 5.79. The molecule has 1 aliphatic carbocycles. The number of aromatic nitrogens is 1. The van der Waals surface area contributed by atoms with Gasteiger partial charge >= 0.3 is 0 Å². The van der Waals surface area contributed by atoms with Gasteiger partial charge in [0.25, 0.3) is 15.9 Å². The molecule has 2 unspecified atom stereocenters. The molecular formula is C20H25N3O3S. The Balaban J connectivity index is 1.73. The number of anilines is 1. The van der Waals surface area contributed by atoms with E-state index in [0.717, 1.165) is 24.8 Å². The van der Waals surface area contributed by atoms with E-state index in [0.29, 0.717) is 11.5 Å². The first-order valence-corrected chi connectivity index (χ1v) is 10.7. The van der Waals surface area contributed by atoms with Gasteiger partial charge in [-0.05, 0) is 43.9 Å². The molecule has 2 N–H and O–H groups in total. The standard InChI is InChI=1S/C20H25N3O3S/c1-14-7-9-18(10-8-14)27(25,26)23-17-11-16(12-21-13-17)20(24)22-19-6-4-3-5-15(19)2/h7-13,15,19,23H,3-6H2,1-2H3,(H,22,24). The highest BCUT2D eigenvalue weighted by atomic mass is 32.2. The van der Waals surface area contributed by atoms with Crippen LogP contribution in [-0.2, 0) is 10.0 Å². The van der Waals surface area contributed by atoms with Gasteiger partial charge in [-0.3, -0.25) is 14.5 Å². The fourth-order valence-corrected chi connectivity index (χ4v) is 4.37. The van der Waals surface area contributed by atoms with Gasteiger partial charge in [-0.25, -0.2) is 8.42 Å². The average molecular weight is 388 g/mol. The molecule has 27 heavy (non-hydrogen) atoms. The molecule has 1 heterocycles. The van der Waals surface area contributed by atoms with E-state index >= 15 is 0 Å².